The fourth-order valence-electron chi connectivity index (χ4n) is 2.88. The normalized spacial score (nSPS) is 12.2. The molecule has 1 N–H and O–H groups in total. The van der Waals surface area contributed by atoms with Gasteiger partial charge in [-0.3, -0.25) is 19.4 Å². The van der Waals surface area contributed by atoms with Crippen molar-refractivity contribution >= 4 is 21.8 Å². The number of alkyl halides is 3. The third-order valence-corrected chi connectivity index (χ3v) is 4.03. The highest BCUT2D eigenvalue weighted by Crippen LogP contribution is 2.27. The fourth-order valence-corrected chi connectivity index (χ4v) is 2.88. The molecule has 0 unspecified atom stereocenters. The number of nitrogens with zero attached hydrogens (tertiary/aromatic N) is 3. The summed E-state index contributed by atoms with van der Waals surface area (Å²) in [6.45, 7) is -1.43. The van der Waals surface area contributed by atoms with Gasteiger partial charge in [-0.05, 0) is 30.3 Å². The third kappa shape index (κ3) is 2.71. The van der Waals surface area contributed by atoms with Crippen molar-refractivity contribution in [3.05, 3.63) is 58.9 Å². The Balaban J connectivity index is 2.04. The molecule has 0 amide bonds. The number of nitrogens with one attached hydrogen (secondary N) is 1. The first-order chi connectivity index (χ1) is 12.3. The standard InChI is InChI=1S/C17H10F4N4O/c18-10-3-1-9(2-4-10)13-5-14-11(6-22-13)15-12(7-23-24-15)16(26)25(14)8-17(19,20)21/h1-7H,8H2,(H,23,24). The Morgan fingerprint density at radius 2 is 1.81 bits per heavy atom. The lowest BCUT2D eigenvalue weighted by Gasteiger charge is -2.14. The Labute approximate surface area is 142 Å². The number of pyridine rings is 2. The molecule has 1 aromatic carbocycles. The Morgan fingerprint density at radius 1 is 1.08 bits per heavy atom. The number of halogens is 4. The molecule has 0 spiro atoms. The number of hydrogen-bond acceptors (Lipinski definition) is 3. The summed E-state index contributed by atoms with van der Waals surface area (Å²) in [5.41, 5.74) is 0.436. The molecular formula is C17H10F4N4O. The number of hydrogen-bond donors (Lipinski definition) is 1. The molecule has 0 saturated heterocycles. The zero-order valence-electron chi connectivity index (χ0n) is 13.0. The van der Waals surface area contributed by atoms with Crippen LogP contribution in [0.25, 0.3) is 33.1 Å². The van der Waals surface area contributed by atoms with E-state index >= 15 is 0 Å². The van der Waals surface area contributed by atoms with E-state index in [0.29, 0.717) is 26.7 Å². The molecule has 0 bridgehead atoms. The van der Waals surface area contributed by atoms with E-state index in [9.17, 15) is 22.4 Å². The van der Waals surface area contributed by atoms with Crippen LogP contribution in [0.2, 0.25) is 0 Å². The van der Waals surface area contributed by atoms with Crippen LogP contribution < -0.4 is 5.56 Å². The monoisotopic (exact) mass is 362 g/mol. The van der Waals surface area contributed by atoms with Crippen molar-refractivity contribution in [1.29, 1.82) is 0 Å². The van der Waals surface area contributed by atoms with Crippen molar-refractivity contribution < 1.29 is 17.6 Å². The largest absolute Gasteiger partial charge is 0.406 e. The van der Waals surface area contributed by atoms with E-state index in [2.05, 4.69) is 15.2 Å². The first kappa shape index (κ1) is 16.2. The molecule has 26 heavy (non-hydrogen) atoms. The maximum Gasteiger partial charge on any atom is 0.406 e. The van der Waals surface area contributed by atoms with Crippen molar-refractivity contribution in [3.8, 4) is 11.3 Å². The van der Waals surface area contributed by atoms with Gasteiger partial charge < -0.3 is 0 Å². The minimum atomic E-state index is -4.58. The van der Waals surface area contributed by atoms with E-state index in [0.717, 1.165) is 0 Å². The van der Waals surface area contributed by atoms with Crippen molar-refractivity contribution in [1.82, 2.24) is 19.7 Å². The van der Waals surface area contributed by atoms with Gasteiger partial charge in [0.1, 0.15) is 12.4 Å². The van der Waals surface area contributed by atoms with Crippen LogP contribution >= 0.6 is 0 Å². The molecule has 5 nitrogen and oxygen atoms in total. The first-order valence-electron chi connectivity index (χ1n) is 7.52. The molecule has 0 aliphatic carbocycles. The molecule has 0 atom stereocenters. The van der Waals surface area contributed by atoms with Crippen LogP contribution in [0.3, 0.4) is 0 Å². The van der Waals surface area contributed by atoms with E-state index in [4.69, 9.17) is 0 Å². The van der Waals surface area contributed by atoms with Crippen LogP contribution in [0.5, 0.6) is 0 Å². The highest BCUT2D eigenvalue weighted by Gasteiger charge is 2.30. The summed E-state index contributed by atoms with van der Waals surface area (Å²) in [6.07, 6.45) is -2.01. The predicted molar refractivity (Wildman–Crippen MR) is 87.1 cm³/mol. The smallest absolute Gasteiger partial charge is 0.298 e. The average molecular weight is 362 g/mol. The lowest BCUT2D eigenvalue weighted by Crippen LogP contribution is -2.28. The Hall–Kier alpha value is -3.23. The van der Waals surface area contributed by atoms with Gasteiger partial charge in [0.25, 0.3) is 5.56 Å². The Kier molecular flexibility index (Phi) is 3.53. The zero-order chi connectivity index (χ0) is 18.5. The van der Waals surface area contributed by atoms with E-state index < -0.39 is 24.1 Å². The number of H-pyrrole nitrogens is 1. The lowest BCUT2D eigenvalue weighted by atomic mass is 10.1. The summed E-state index contributed by atoms with van der Waals surface area (Å²) in [6, 6.07) is 6.76. The molecule has 0 radical (unpaired) electrons. The summed E-state index contributed by atoms with van der Waals surface area (Å²) < 4.78 is 52.8. The summed E-state index contributed by atoms with van der Waals surface area (Å²) in [5, 5.41) is 6.77. The maximum atomic E-state index is 13.1. The number of aromatic amines is 1. The van der Waals surface area contributed by atoms with Gasteiger partial charge in [-0.2, -0.15) is 18.3 Å². The van der Waals surface area contributed by atoms with Gasteiger partial charge in [-0.15, -0.1) is 0 Å². The predicted octanol–water partition coefficient (Wildman–Crippen LogP) is 3.64. The van der Waals surface area contributed by atoms with Crippen LogP contribution in [0.4, 0.5) is 17.6 Å². The topological polar surface area (TPSA) is 63.6 Å². The molecule has 9 heteroatoms. The van der Waals surface area contributed by atoms with Gasteiger partial charge in [-0.1, -0.05) is 0 Å². The van der Waals surface area contributed by atoms with E-state index in [1.165, 1.54) is 42.7 Å². The second-order valence-electron chi connectivity index (χ2n) is 5.76. The van der Waals surface area contributed by atoms with Gasteiger partial charge in [-0.25, -0.2) is 4.39 Å². The molecule has 0 fully saturated rings. The second kappa shape index (κ2) is 5.65. The van der Waals surface area contributed by atoms with Crippen LogP contribution in [0.1, 0.15) is 0 Å². The van der Waals surface area contributed by atoms with Gasteiger partial charge in [0.05, 0.1) is 28.3 Å². The molecule has 0 aliphatic heterocycles. The summed E-state index contributed by atoms with van der Waals surface area (Å²) in [5.74, 6) is -0.442. The molecule has 4 aromatic rings. The van der Waals surface area contributed by atoms with Gasteiger partial charge >= 0.3 is 6.18 Å². The summed E-state index contributed by atoms with van der Waals surface area (Å²) in [4.78, 5) is 16.7. The third-order valence-electron chi connectivity index (χ3n) is 4.03. The molecule has 0 saturated carbocycles. The average Bonchev–Trinajstić information content (AvgIpc) is 3.08. The molecule has 3 aromatic heterocycles. The molecule has 0 aliphatic rings. The van der Waals surface area contributed by atoms with Crippen molar-refractivity contribution in [2.24, 2.45) is 0 Å². The zero-order valence-corrected chi connectivity index (χ0v) is 13.0. The molecule has 4 rings (SSSR count). The van der Waals surface area contributed by atoms with Gasteiger partial charge in [0.15, 0.2) is 0 Å². The Morgan fingerprint density at radius 3 is 2.50 bits per heavy atom. The number of benzene rings is 1. The molecular weight excluding hydrogens is 352 g/mol. The minimum absolute atomic E-state index is 0.0538. The molecule has 3 heterocycles. The van der Waals surface area contributed by atoms with Crippen LogP contribution in [0.15, 0.2) is 47.5 Å². The Bertz CT molecular complexity index is 1180. The number of fused-ring (bicyclic) bond motifs is 3. The molecule has 132 valence electrons. The lowest BCUT2D eigenvalue weighted by molar-refractivity contribution is -0.140. The summed E-state index contributed by atoms with van der Waals surface area (Å²) in [7, 11) is 0. The van der Waals surface area contributed by atoms with E-state index in [1.54, 1.807) is 0 Å². The summed E-state index contributed by atoms with van der Waals surface area (Å²) >= 11 is 0. The fraction of sp³-hybridized carbons (Fsp3) is 0.118. The van der Waals surface area contributed by atoms with Crippen LogP contribution in [0, 0.1) is 5.82 Å². The quantitative estimate of drug-likeness (QED) is 0.554. The van der Waals surface area contributed by atoms with E-state index in [-0.39, 0.29) is 10.9 Å². The first-order valence-corrected chi connectivity index (χ1v) is 7.52. The highest BCUT2D eigenvalue weighted by molar-refractivity contribution is 6.03. The van der Waals surface area contributed by atoms with Crippen molar-refractivity contribution in [2.75, 3.05) is 0 Å². The minimum Gasteiger partial charge on any atom is -0.298 e. The van der Waals surface area contributed by atoms with Crippen molar-refractivity contribution in [2.45, 2.75) is 12.7 Å². The number of aromatic nitrogens is 4. The maximum absolute atomic E-state index is 13.1. The van der Waals surface area contributed by atoms with E-state index in [1.807, 2.05) is 0 Å². The van der Waals surface area contributed by atoms with Gasteiger partial charge in [0, 0.05) is 17.1 Å². The highest BCUT2D eigenvalue weighted by atomic mass is 19.4. The van der Waals surface area contributed by atoms with Crippen LogP contribution in [-0.2, 0) is 6.54 Å². The van der Waals surface area contributed by atoms with Gasteiger partial charge in [0.2, 0.25) is 0 Å². The number of rotatable bonds is 2. The van der Waals surface area contributed by atoms with Crippen molar-refractivity contribution in [3.63, 3.8) is 0 Å². The second-order valence-corrected chi connectivity index (χ2v) is 5.76. The SMILES string of the molecule is O=c1c2cn[nH]c2c2cnc(-c3ccc(F)cc3)cc2n1CC(F)(F)F. The van der Waals surface area contributed by atoms with Crippen LogP contribution in [-0.4, -0.2) is 25.9 Å².